The molecular formula is C22H19N3O4S. The van der Waals surface area contributed by atoms with Crippen LogP contribution in [-0.4, -0.2) is 35.0 Å². The molecule has 0 fully saturated rings. The molecule has 1 aliphatic rings. The second-order valence-corrected chi connectivity index (χ2v) is 7.01. The summed E-state index contributed by atoms with van der Waals surface area (Å²) in [6.07, 6.45) is 3.32. The summed E-state index contributed by atoms with van der Waals surface area (Å²) in [7, 11) is 0. The van der Waals surface area contributed by atoms with E-state index < -0.39 is 5.97 Å². The van der Waals surface area contributed by atoms with Gasteiger partial charge in [0.1, 0.15) is 5.01 Å². The molecule has 0 N–H and O–H groups in total. The zero-order valence-corrected chi connectivity index (χ0v) is 17.3. The Morgan fingerprint density at radius 3 is 2.70 bits per heavy atom. The monoisotopic (exact) mass is 421 g/mol. The van der Waals surface area contributed by atoms with Gasteiger partial charge in [-0.3, -0.25) is 4.98 Å². The van der Waals surface area contributed by atoms with Crippen molar-refractivity contribution < 1.29 is 19.0 Å². The summed E-state index contributed by atoms with van der Waals surface area (Å²) >= 11 is 1.45. The molecule has 7 nitrogen and oxygen atoms in total. The standard InChI is InChI=1S/C22H19N3O4S/c1-3-27-18-9-8-14(11-19(18)28-4-2)20-25-17(22(26)29-20)12-15-13-30-21(24-15)16-7-5-6-10-23-16/h5-13H,3-4H2,1-2H3/b17-12-. The number of nitrogens with zero attached hydrogens (tertiary/aromatic N) is 3. The number of aromatic nitrogens is 2. The highest BCUT2D eigenvalue weighted by Gasteiger charge is 2.25. The van der Waals surface area contributed by atoms with Crippen LogP contribution in [-0.2, 0) is 9.53 Å². The Bertz CT molecular complexity index is 1120. The van der Waals surface area contributed by atoms with E-state index in [0.717, 1.165) is 10.7 Å². The fraction of sp³-hybridized carbons (Fsp3) is 0.182. The fourth-order valence-electron chi connectivity index (χ4n) is 2.82. The van der Waals surface area contributed by atoms with E-state index in [1.807, 2.05) is 37.4 Å². The van der Waals surface area contributed by atoms with Crippen LogP contribution < -0.4 is 9.47 Å². The van der Waals surface area contributed by atoms with Gasteiger partial charge in [-0.15, -0.1) is 11.3 Å². The fourth-order valence-corrected chi connectivity index (χ4v) is 3.57. The van der Waals surface area contributed by atoms with Gasteiger partial charge in [-0.05, 0) is 50.3 Å². The van der Waals surface area contributed by atoms with Crippen molar-refractivity contribution in [2.45, 2.75) is 13.8 Å². The maximum atomic E-state index is 12.3. The Kier molecular flexibility index (Phi) is 5.85. The highest BCUT2D eigenvalue weighted by molar-refractivity contribution is 7.13. The zero-order chi connectivity index (χ0) is 20.9. The lowest BCUT2D eigenvalue weighted by Crippen LogP contribution is -2.06. The molecule has 4 rings (SSSR count). The number of hydrogen-bond acceptors (Lipinski definition) is 8. The molecule has 0 saturated carbocycles. The number of cyclic esters (lactones) is 1. The number of pyridine rings is 1. The number of esters is 1. The second kappa shape index (κ2) is 8.87. The Morgan fingerprint density at radius 1 is 1.10 bits per heavy atom. The number of thiazole rings is 1. The third kappa shape index (κ3) is 4.23. The maximum absolute atomic E-state index is 12.3. The number of ether oxygens (including phenoxy) is 3. The van der Waals surface area contributed by atoms with Gasteiger partial charge in [0.25, 0.3) is 0 Å². The topological polar surface area (TPSA) is 82.9 Å². The highest BCUT2D eigenvalue weighted by atomic mass is 32.1. The molecule has 0 bridgehead atoms. The predicted octanol–water partition coefficient (Wildman–Crippen LogP) is 4.35. The predicted molar refractivity (Wildman–Crippen MR) is 115 cm³/mol. The summed E-state index contributed by atoms with van der Waals surface area (Å²) < 4.78 is 16.6. The minimum Gasteiger partial charge on any atom is -0.490 e. The molecule has 1 aliphatic heterocycles. The summed E-state index contributed by atoms with van der Waals surface area (Å²) in [5.74, 6) is 0.903. The Labute approximate surface area is 177 Å². The van der Waals surface area contributed by atoms with Crippen molar-refractivity contribution in [1.29, 1.82) is 0 Å². The molecular weight excluding hydrogens is 402 g/mol. The van der Waals surface area contributed by atoms with Crippen LogP contribution in [0.3, 0.4) is 0 Å². The first-order chi connectivity index (χ1) is 14.7. The van der Waals surface area contributed by atoms with E-state index in [9.17, 15) is 4.79 Å². The van der Waals surface area contributed by atoms with Crippen molar-refractivity contribution in [3.8, 4) is 22.2 Å². The van der Waals surface area contributed by atoms with Crippen LogP contribution in [0.5, 0.6) is 11.5 Å². The van der Waals surface area contributed by atoms with Crippen LogP contribution in [0.25, 0.3) is 16.8 Å². The van der Waals surface area contributed by atoms with E-state index in [1.165, 1.54) is 11.3 Å². The number of aliphatic imine (C=N–C) groups is 1. The maximum Gasteiger partial charge on any atom is 0.363 e. The number of carbonyl (C=O) groups is 1. The van der Waals surface area contributed by atoms with Gasteiger partial charge in [-0.2, -0.15) is 0 Å². The van der Waals surface area contributed by atoms with E-state index in [-0.39, 0.29) is 11.6 Å². The van der Waals surface area contributed by atoms with Crippen molar-refractivity contribution in [3.05, 3.63) is 64.9 Å². The molecule has 0 aliphatic carbocycles. The van der Waals surface area contributed by atoms with Gasteiger partial charge in [-0.25, -0.2) is 14.8 Å². The van der Waals surface area contributed by atoms with Gasteiger partial charge in [0, 0.05) is 17.1 Å². The molecule has 2 aromatic heterocycles. The summed E-state index contributed by atoms with van der Waals surface area (Å²) in [6.45, 7) is 4.81. The lowest BCUT2D eigenvalue weighted by atomic mass is 10.2. The van der Waals surface area contributed by atoms with Crippen LogP contribution in [0.2, 0.25) is 0 Å². The summed E-state index contributed by atoms with van der Waals surface area (Å²) in [5, 5.41) is 2.62. The molecule has 8 heteroatoms. The smallest absolute Gasteiger partial charge is 0.363 e. The van der Waals surface area contributed by atoms with Crippen molar-refractivity contribution in [2.75, 3.05) is 13.2 Å². The number of rotatable bonds is 7. The second-order valence-electron chi connectivity index (χ2n) is 6.16. The molecule has 0 amide bonds. The third-order valence-electron chi connectivity index (χ3n) is 4.10. The van der Waals surface area contributed by atoms with Crippen LogP contribution in [0.4, 0.5) is 0 Å². The van der Waals surface area contributed by atoms with Crippen molar-refractivity contribution in [2.24, 2.45) is 4.99 Å². The normalized spacial score (nSPS) is 14.5. The first kappa shape index (κ1) is 19.8. The van der Waals surface area contributed by atoms with Crippen molar-refractivity contribution in [1.82, 2.24) is 9.97 Å². The van der Waals surface area contributed by atoms with E-state index in [1.54, 1.807) is 30.5 Å². The largest absolute Gasteiger partial charge is 0.490 e. The Balaban J connectivity index is 1.60. The van der Waals surface area contributed by atoms with Gasteiger partial charge in [0.2, 0.25) is 5.90 Å². The number of benzene rings is 1. The van der Waals surface area contributed by atoms with Crippen LogP contribution in [0, 0.1) is 0 Å². The highest BCUT2D eigenvalue weighted by Crippen LogP contribution is 2.30. The molecule has 0 spiro atoms. The molecule has 3 aromatic rings. The quantitative estimate of drug-likeness (QED) is 0.417. The van der Waals surface area contributed by atoms with E-state index in [0.29, 0.717) is 36.0 Å². The Morgan fingerprint density at radius 2 is 1.93 bits per heavy atom. The summed E-state index contributed by atoms with van der Waals surface area (Å²) in [6, 6.07) is 11.0. The van der Waals surface area contributed by atoms with Gasteiger partial charge in [0.05, 0.1) is 24.6 Å². The summed E-state index contributed by atoms with van der Waals surface area (Å²) in [5.41, 5.74) is 2.23. The molecule has 30 heavy (non-hydrogen) atoms. The minimum atomic E-state index is -0.524. The first-order valence-corrected chi connectivity index (χ1v) is 10.4. The first-order valence-electron chi connectivity index (χ1n) is 9.47. The molecule has 0 unspecified atom stereocenters. The van der Waals surface area contributed by atoms with Crippen LogP contribution in [0.1, 0.15) is 25.1 Å². The lowest BCUT2D eigenvalue weighted by molar-refractivity contribution is -0.129. The van der Waals surface area contributed by atoms with Gasteiger partial charge < -0.3 is 14.2 Å². The average Bonchev–Trinajstić information content (AvgIpc) is 3.38. The van der Waals surface area contributed by atoms with Crippen LogP contribution in [0.15, 0.2) is 58.7 Å². The SMILES string of the molecule is CCOc1ccc(C2=N/C(=C\c3csc(-c4ccccn4)n3)C(=O)O2)cc1OCC. The molecule has 3 heterocycles. The number of carbonyl (C=O) groups excluding carboxylic acids is 1. The third-order valence-corrected chi connectivity index (χ3v) is 4.98. The molecule has 152 valence electrons. The van der Waals surface area contributed by atoms with Crippen molar-refractivity contribution in [3.63, 3.8) is 0 Å². The lowest BCUT2D eigenvalue weighted by Gasteiger charge is -2.11. The molecule has 0 atom stereocenters. The van der Waals surface area contributed by atoms with Gasteiger partial charge in [0.15, 0.2) is 17.2 Å². The van der Waals surface area contributed by atoms with E-state index >= 15 is 0 Å². The van der Waals surface area contributed by atoms with Gasteiger partial charge in [-0.1, -0.05) is 6.07 Å². The average molecular weight is 421 g/mol. The van der Waals surface area contributed by atoms with Crippen LogP contribution >= 0.6 is 11.3 Å². The molecule has 1 aromatic carbocycles. The molecule has 0 radical (unpaired) electrons. The van der Waals surface area contributed by atoms with E-state index in [2.05, 4.69) is 15.0 Å². The van der Waals surface area contributed by atoms with Gasteiger partial charge >= 0.3 is 5.97 Å². The van der Waals surface area contributed by atoms with E-state index in [4.69, 9.17) is 14.2 Å². The number of hydrogen-bond donors (Lipinski definition) is 0. The summed E-state index contributed by atoms with van der Waals surface area (Å²) in [4.78, 5) is 25.5. The zero-order valence-electron chi connectivity index (χ0n) is 16.5. The Hall–Kier alpha value is -3.52. The minimum absolute atomic E-state index is 0.190. The molecule has 0 saturated heterocycles. The van der Waals surface area contributed by atoms with Crippen molar-refractivity contribution >= 4 is 29.3 Å².